The van der Waals surface area contributed by atoms with Crippen molar-refractivity contribution < 1.29 is 42.9 Å². The third kappa shape index (κ3) is 9.00. The molecule has 41 heavy (non-hydrogen) atoms. The zero-order valence-corrected chi connectivity index (χ0v) is 22.5. The van der Waals surface area contributed by atoms with E-state index in [1.54, 1.807) is 11.0 Å². The van der Waals surface area contributed by atoms with E-state index in [2.05, 4.69) is 11.0 Å². The van der Waals surface area contributed by atoms with Gasteiger partial charge in [0.15, 0.2) is 6.10 Å². The number of carbonyl (C=O) groups is 3. The standard InChI is InChI=1S/C27H35N3O4.C2HF3O2/c28-26(33)21-9-4-8-20(14-21)22-15-23-10-11-24(16-22)30(23)13-5-12-29(27(34)25(32)18-31)17-19-6-2-1-3-7-19;3-2(4,5)1(6)7/h1-4,6-9,14,22-25,31-32H,5,10-13,15-18H2,(H2,28,33);(H,6,7)/t22?,23?,24?,25-;/m0./s1. The van der Waals surface area contributed by atoms with E-state index in [-0.39, 0.29) is 5.91 Å². The molecule has 2 aliphatic rings. The number of alkyl halides is 3. The summed E-state index contributed by atoms with van der Waals surface area (Å²) in [4.78, 5) is 37.4. The number of nitrogens with zero attached hydrogens (tertiary/aromatic N) is 2. The maximum atomic E-state index is 12.6. The number of nitrogens with two attached hydrogens (primary N) is 1. The van der Waals surface area contributed by atoms with Gasteiger partial charge in [-0.1, -0.05) is 42.5 Å². The normalized spacial score (nSPS) is 21.0. The molecule has 3 atom stereocenters. The van der Waals surface area contributed by atoms with E-state index in [1.165, 1.54) is 18.4 Å². The Bertz CT molecular complexity index is 1170. The average molecular weight is 580 g/mol. The Morgan fingerprint density at radius 1 is 1.02 bits per heavy atom. The Balaban J connectivity index is 0.000000587. The van der Waals surface area contributed by atoms with Crippen LogP contribution >= 0.6 is 0 Å². The number of hydrogen-bond acceptors (Lipinski definition) is 6. The monoisotopic (exact) mass is 579 g/mol. The molecule has 12 heteroatoms. The number of benzene rings is 2. The lowest BCUT2D eigenvalue weighted by Crippen LogP contribution is -2.45. The minimum atomic E-state index is -5.08. The van der Waals surface area contributed by atoms with Gasteiger partial charge in [0.1, 0.15) is 0 Å². The van der Waals surface area contributed by atoms with Crippen molar-refractivity contribution >= 4 is 17.8 Å². The van der Waals surface area contributed by atoms with Gasteiger partial charge < -0.3 is 26.0 Å². The van der Waals surface area contributed by atoms with Crippen molar-refractivity contribution in [3.05, 3.63) is 71.3 Å². The molecule has 2 heterocycles. The molecule has 2 aliphatic heterocycles. The number of rotatable bonds is 10. The van der Waals surface area contributed by atoms with Crippen LogP contribution in [-0.4, -0.2) is 87.0 Å². The van der Waals surface area contributed by atoms with Gasteiger partial charge >= 0.3 is 12.1 Å². The van der Waals surface area contributed by atoms with Crippen LogP contribution in [0.2, 0.25) is 0 Å². The second-order valence-electron chi connectivity index (χ2n) is 10.4. The van der Waals surface area contributed by atoms with Crippen LogP contribution in [-0.2, 0) is 16.1 Å². The first kappa shape index (κ1) is 32.0. The van der Waals surface area contributed by atoms with Crippen LogP contribution < -0.4 is 5.73 Å². The highest BCUT2D eigenvalue weighted by atomic mass is 19.4. The summed E-state index contributed by atoms with van der Waals surface area (Å²) in [7, 11) is 0. The smallest absolute Gasteiger partial charge is 0.475 e. The van der Waals surface area contributed by atoms with Crippen molar-refractivity contribution in [2.24, 2.45) is 5.73 Å². The number of carboxylic acid groups (broad SMARTS) is 1. The highest BCUT2D eigenvalue weighted by molar-refractivity contribution is 5.92. The molecule has 4 rings (SSSR count). The lowest BCUT2D eigenvalue weighted by atomic mass is 9.84. The Hall–Kier alpha value is -3.48. The second-order valence-corrected chi connectivity index (χ2v) is 10.4. The fourth-order valence-electron chi connectivity index (χ4n) is 5.66. The van der Waals surface area contributed by atoms with Crippen molar-refractivity contribution in [2.45, 2.75) is 68.9 Å². The van der Waals surface area contributed by atoms with Gasteiger partial charge in [0.25, 0.3) is 5.91 Å². The van der Waals surface area contributed by atoms with Gasteiger partial charge in [-0.2, -0.15) is 13.2 Å². The summed E-state index contributed by atoms with van der Waals surface area (Å²) in [5.74, 6) is -3.14. The third-order valence-corrected chi connectivity index (χ3v) is 7.60. The molecule has 5 N–H and O–H groups in total. The summed E-state index contributed by atoms with van der Waals surface area (Å²) >= 11 is 0. The molecule has 0 radical (unpaired) electrons. The summed E-state index contributed by atoms with van der Waals surface area (Å²) < 4.78 is 31.7. The van der Waals surface area contributed by atoms with E-state index in [0.717, 1.165) is 31.4 Å². The minimum absolute atomic E-state index is 0.386. The molecule has 0 aromatic heterocycles. The fraction of sp³-hybridized carbons (Fsp3) is 0.483. The van der Waals surface area contributed by atoms with Crippen LogP contribution in [0.25, 0.3) is 0 Å². The first-order valence-electron chi connectivity index (χ1n) is 13.5. The highest BCUT2D eigenvalue weighted by Gasteiger charge is 2.41. The number of fused-ring (bicyclic) bond motifs is 2. The molecule has 2 unspecified atom stereocenters. The van der Waals surface area contributed by atoms with Crippen LogP contribution in [0.5, 0.6) is 0 Å². The van der Waals surface area contributed by atoms with Crippen LogP contribution in [0.4, 0.5) is 13.2 Å². The third-order valence-electron chi connectivity index (χ3n) is 7.60. The summed E-state index contributed by atoms with van der Waals surface area (Å²) in [6, 6.07) is 18.5. The molecule has 2 aromatic rings. The number of aliphatic hydroxyl groups excluding tert-OH is 2. The molecule has 224 valence electrons. The van der Waals surface area contributed by atoms with Crippen LogP contribution in [0.15, 0.2) is 54.6 Å². The van der Waals surface area contributed by atoms with Crippen LogP contribution in [0.1, 0.15) is 59.5 Å². The quantitative estimate of drug-likeness (QED) is 0.339. The maximum absolute atomic E-state index is 12.6. The number of carbonyl (C=O) groups excluding carboxylic acids is 2. The molecule has 0 spiro atoms. The molecule has 2 fully saturated rings. The van der Waals surface area contributed by atoms with Crippen LogP contribution in [0.3, 0.4) is 0 Å². The van der Waals surface area contributed by atoms with E-state index in [0.29, 0.717) is 36.7 Å². The molecule has 0 aliphatic carbocycles. The van der Waals surface area contributed by atoms with E-state index < -0.39 is 30.8 Å². The summed E-state index contributed by atoms with van der Waals surface area (Å²) in [6.45, 7) is 1.28. The topological polar surface area (TPSA) is 144 Å². The number of aliphatic carboxylic acids is 1. The van der Waals surface area contributed by atoms with Gasteiger partial charge in [0, 0.05) is 37.3 Å². The maximum Gasteiger partial charge on any atom is 0.490 e. The molecule has 0 saturated carbocycles. The minimum Gasteiger partial charge on any atom is -0.475 e. The average Bonchev–Trinajstić information content (AvgIpc) is 3.17. The Kier molecular flexibility index (Phi) is 11.3. The van der Waals surface area contributed by atoms with Gasteiger partial charge in [-0.15, -0.1) is 0 Å². The zero-order chi connectivity index (χ0) is 30.2. The van der Waals surface area contributed by atoms with Crippen LogP contribution in [0, 0.1) is 0 Å². The number of aliphatic hydroxyl groups is 2. The Morgan fingerprint density at radius 2 is 1.63 bits per heavy atom. The molecule has 2 amide bonds. The number of amides is 2. The van der Waals surface area contributed by atoms with E-state index in [1.807, 2.05) is 42.5 Å². The predicted molar refractivity (Wildman–Crippen MR) is 144 cm³/mol. The first-order valence-corrected chi connectivity index (χ1v) is 13.5. The molecule has 2 bridgehead atoms. The van der Waals surface area contributed by atoms with Gasteiger partial charge in [-0.05, 0) is 61.3 Å². The van der Waals surface area contributed by atoms with Crippen molar-refractivity contribution in [2.75, 3.05) is 19.7 Å². The highest BCUT2D eigenvalue weighted by Crippen LogP contribution is 2.43. The molecule has 9 nitrogen and oxygen atoms in total. The molecular formula is C29H36F3N3O6. The van der Waals surface area contributed by atoms with Crippen molar-refractivity contribution in [1.82, 2.24) is 9.80 Å². The SMILES string of the molecule is NC(=O)c1cccc(C2CC3CCC(C2)N3CCCN(Cc2ccccc2)C(=O)[C@@H](O)CO)c1.O=C(O)C(F)(F)F. The molecular weight excluding hydrogens is 543 g/mol. The largest absolute Gasteiger partial charge is 0.490 e. The number of piperidine rings is 1. The number of carboxylic acids is 1. The fourth-order valence-corrected chi connectivity index (χ4v) is 5.66. The lowest BCUT2D eigenvalue weighted by Gasteiger charge is -2.39. The Morgan fingerprint density at radius 3 is 2.17 bits per heavy atom. The number of primary amides is 1. The van der Waals surface area contributed by atoms with E-state index in [9.17, 15) is 33.0 Å². The van der Waals surface area contributed by atoms with E-state index >= 15 is 0 Å². The molecule has 2 saturated heterocycles. The summed E-state index contributed by atoms with van der Waals surface area (Å²) in [5.41, 5.74) is 8.24. The zero-order valence-electron chi connectivity index (χ0n) is 22.5. The number of halogens is 3. The Labute approximate surface area is 236 Å². The summed E-state index contributed by atoms with van der Waals surface area (Å²) in [5, 5.41) is 26.3. The molecule has 2 aromatic carbocycles. The second kappa shape index (κ2) is 14.4. The first-order chi connectivity index (χ1) is 19.4. The van der Waals surface area contributed by atoms with Crippen molar-refractivity contribution in [1.29, 1.82) is 0 Å². The van der Waals surface area contributed by atoms with Gasteiger partial charge in [-0.25, -0.2) is 4.79 Å². The van der Waals surface area contributed by atoms with Gasteiger partial charge in [0.2, 0.25) is 5.91 Å². The van der Waals surface area contributed by atoms with Crippen molar-refractivity contribution in [3.8, 4) is 0 Å². The van der Waals surface area contributed by atoms with Gasteiger partial charge in [-0.3, -0.25) is 14.5 Å². The van der Waals surface area contributed by atoms with Crippen molar-refractivity contribution in [3.63, 3.8) is 0 Å². The number of hydrogen-bond donors (Lipinski definition) is 4. The van der Waals surface area contributed by atoms with E-state index in [4.69, 9.17) is 15.6 Å². The summed E-state index contributed by atoms with van der Waals surface area (Å²) in [6.07, 6.45) is -1.18. The lowest BCUT2D eigenvalue weighted by molar-refractivity contribution is -0.192. The van der Waals surface area contributed by atoms with Gasteiger partial charge in [0.05, 0.1) is 6.61 Å². The predicted octanol–water partition coefficient (Wildman–Crippen LogP) is 2.90.